The van der Waals surface area contributed by atoms with Crippen LogP contribution in [0.5, 0.6) is 0 Å². The van der Waals surface area contributed by atoms with Gasteiger partial charge in [0.1, 0.15) is 4.34 Å². The summed E-state index contributed by atoms with van der Waals surface area (Å²) in [6, 6.07) is 1.87. The number of hydrogen-bond acceptors (Lipinski definition) is 3. The van der Waals surface area contributed by atoms with Crippen LogP contribution in [-0.4, -0.2) is 16.7 Å². The third-order valence-corrected chi connectivity index (χ3v) is 4.00. The molecule has 0 unspecified atom stereocenters. The SMILES string of the molecule is CC(C)CNCc1cn[nH]c1-c1cc(Cl)sc1Cl. The van der Waals surface area contributed by atoms with Gasteiger partial charge in [0.15, 0.2) is 0 Å². The lowest BCUT2D eigenvalue weighted by atomic mass is 10.1. The molecule has 0 aromatic carbocycles. The normalized spacial score (nSPS) is 11.4. The minimum atomic E-state index is 0.625. The second-order valence-corrected chi connectivity index (χ2v) is 6.82. The van der Waals surface area contributed by atoms with E-state index in [2.05, 4.69) is 29.4 Å². The van der Waals surface area contributed by atoms with E-state index in [9.17, 15) is 0 Å². The molecule has 0 atom stereocenters. The fourth-order valence-corrected chi connectivity index (χ4v) is 3.16. The van der Waals surface area contributed by atoms with Crippen molar-refractivity contribution in [1.82, 2.24) is 15.5 Å². The van der Waals surface area contributed by atoms with Gasteiger partial charge in [-0.3, -0.25) is 5.10 Å². The van der Waals surface area contributed by atoms with Gasteiger partial charge in [0.25, 0.3) is 0 Å². The summed E-state index contributed by atoms with van der Waals surface area (Å²) in [6.45, 7) is 6.11. The number of thiophene rings is 1. The highest BCUT2D eigenvalue weighted by Gasteiger charge is 2.14. The zero-order valence-electron chi connectivity index (χ0n) is 10.3. The molecule has 3 nitrogen and oxygen atoms in total. The Kier molecular flexibility index (Phi) is 4.67. The summed E-state index contributed by atoms with van der Waals surface area (Å²) >= 11 is 13.5. The minimum absolute atomic E-state index is 0.625. The molecule has 2 rings (SSSR count). The van der Waals surface area contributed by atoms with E-state index < -0.39 is 0 Å². The van der Waals surface area contributed by atoms with Gasteiger partial charge < -0.3 is 5.32 Å². The van der Waals surface area contributed by atoms with Crippen molar-refractivity contribution < 1.29 is 0 Å². The van der Waals surface area contributed by atoms with Crippen LogP contribution < -0.4 is 5.32 Å². The molecule has 0 radical (unpaired) electrons. The summed E-state index contributed by atoms with van der Waals surface area (Å²) in [5, 5.41) is 10.5. The number of nitrogens with zero attached hydrogens (tertiary/aromatic N) is 1. The quantitative estimate of drug-likeness (QED) is 0.869. The Labute approximate surface area is 121 Å². The van der Waals surface area contributed by atoms with Gasteiger partial charge in [-0.25, -0.2) is 0 Å². The number of nitrogens with one attached hydrogen (secondary N) is 2. The molecule has 2 N–H and O–H groups in total. The van der Waals surface area contributed by atoms with Gasteiger partial charge in [-0.05, 0) is 18.5 Å². The summed E-state index contributed by atoms with van der Waals surface area (Å²) < 4.78 is 1.38. The molecule has 0 saturated carbocycles. The fraction of sp³-hybridized carbons (Fsp3) is 0.417. The van der Waals surface area contributed by atoms with Gasteiger partial charge in [0, 0.05) is 17.7 Å². The van der Waals surface area contributed by atoms with E-state index >= 15 is 0 Å². The number of hydrogen-bond donors (Lipinski definition) is 2. The average Bonchev–Trinajstić information content (AvgIpc) is 2.84. The molecule has 0 saturated heterocycles. The average molecular weight is 304 g/mol. The highest BCUT2D eigenvalue weighted by Crippen LogP contribution is 2.38. The van der Waals surface area contributed by atoms with E-state index in [0.717, 1.165) is 29.9 Å². The monoisotopic (exact) mass is 303 g/mol. The maximum absolute atomic E-state index is 6.16. The van der Waals surface area contributed by atoms with Crippen molar-refractivity contribution in [3.8, 4) is 11.3 Å². The second kappa shape index (κ2) is 6.06. The first-order valence-electron chi connectivity index (χ1n) is 5.76. The third-order valence-electron chi connectivity index (χ3n) is 2.51. The Hall–Kier alpha value is -0.550. The number of H-pyrrole nitrogens is 1. The molecule has 18 heavy (non-hydrogen) atoms. The molecule has 0 bridgehead atoms. The summed E-state index contributed by atoms with van der Waals surface area (Å²) in [4.78, 5) is 0. The molecule has 2 heterocycles. The van der Waals surface area contributed by atoms with E-state index in [1.165, 1.54) is 11.3 Å². The van der Waals surface area contributed by atoms with Gasteiger partial charge in [0.05, 0.1) is 16.2 Å². The lowest BCUT2D eigenvalue weighted by molar-refractivity contribution is 0.553. The maximum Gasteiger partial charge on any atom is 0.104 e. The number of halogens is 2. The Morgan fingerprint density at radius 1 is 1.44 bits per heavy atom. The van der Waals surface area contributed by atoms with Gasteiger partial charge in [-0.1, -0.05) is 37.0 Å². The second-order valence-electron chi connectivity index (χ2n) is 4.53. The first-order chi connectivity index (χ1) is 8.58. The number of aromatic amines is 1. The molecular formula is C12H15Cl2N3S. The summed E-state index contributed by atoms with van der Waals surface area (Å²) in [5.41, 5.74) is 2.97. The predicted octanol–water partition coefficient (Wildman–Crippen LogP) is 4.19. The standard InChI is InChI=1S/C12H15Cl2N3S/c1-7(2)4-15-5-8-6-16-17-11(8)9-3-10(13)18-12(9)14/h3,6-7,15H,4-5H2,1-2H3,(H,16,17). The number of aromatic nitrogens is 2. The van der Waals surface area contributed by atoms with Gasteiger partial charge in [-0.2, -0.15) is 5.10 Å². The first-order valence-corrected chi connectivity index (χ1v) is 7.33. The van der Waals surface area contributed by atoms with Crippen molar-refractivity contribution in [2.75, 3.05) is 6.54 Å². The van der Waals surface area contributed by atoms with E-state index in [1.54, 1.807) is 0 Å². The van der Waals surface area contributed by atoms with Crippen molar-refractivity contribution in [2.24, 2.45) is 5.92 Å². The van der Waals surface area contributed by atoms with E-state index in [-0.39, 0.29) is 0 Å². The van der Waals surface area contributed by atoms with Crippen LogP contribution in [0.25, 0.3) is 11.3 Å². The lowest BCUT2D eigenvalue weighted by Crippen LogP contribution is -2.19. The van der Waals surface area contributed by atoms with Gasteiger partial charge in [0.2, 0.25) is 0 Å². The fourth-order valence-electron chi connectivity index (χ4n) is 1.68. The topological polar surface area (TPSA) is 40.7 Å². The Bertz CT molecular complexity index is 519. The van der Waals surface area contributed by atoms with Crippen LogP contribution in [-0.2, 0) is 6.54 Å². The van der Waals surface area contributed by atoms with Crippen molar-refractivity contribution in [1.29, 1.82) is 0 Å². The number of rotatable bonds is 5. The van der Waals surface area contributed by atoms with Crippen LogP contribution in [0.15, 0.2) is 12.3 Å². The molecule has 0 fully saturated rings. The first kappa shape index (κ1) is 13.9. The molecular weight excluding hydrogens is 289 g/mol. The van der Waals surface area contributed by atoms with Crippen LogP contribution >= 0.6 is 34.5 Å². The zero-order chi connectivity index (χ0) is 13.1. The van der Waals surface area contributed by atoms with Crippen LogP contribution in [0.3, 0.4) is 0 Å². The summed E-state index contributed by atoms with van der Waals surface area (Å²) in [7, 11) is 0. The largest absolute Gasteiger partial charge is 0.312 e. The Morgan fingerprint density at radius 3 is 2.83 bits per heavy atom. The molecule has 6 heteroatoms. The molecule has 0 amide bonds. The Balaban J connectivity index is 2.15. The van der Waals surface area contributed by atoms with Gasteiger partial charge in [-0.15, -0.1) is 11.3 Å². The molecule has 0 aliphatic heterocycles. The lowest BCUT2D eigenvalue weighted by Gasteiger charge is -2.07. The predicted molar refractivity (Wildman–Crippen MR) is 78.5 cm³/mol. The van der Waals surface area contributed by atoms with Crippen molar-refractivity contribution in [3.63, 3.8) is 0 Å². The highest BCUT2D eigenvalue weighted by molar-refractivity contribution is 7.20. The van der Waals surface area contributed by atoms with E-state index in [1.807, 2.05) is 12.3 Å². The van der Waals surface area contributed by atoms with Crippen LogP contribution in [0.2, 0.25) is 8.67 Å². The van der Waals surface area contributed by atoms with Crippen LogP contribution in [0, 0.1) is 5.92 Å². The maximum atomic E-state index is 6.16. The molecule has 2 aromatic rings. The van der Waals surface area contributed by atoms with E-state index in [0.29, 0.717) is 14.6 Å². The summed E-state index contributed by atoms with van der Waals surface area (Å²) in [6.07, 6.45) is 1.82. The van der Waals surface area contributed by atoms with E-state index in [4.69, 9.17) is 23.2 Å². The smallest absolute Gasteiger partial charge is 0.104 e. The van der Waals surface area contributed by atoms with Crippen LogP contribution in [0.4, 0.5) is 0 Å². The molecule has 0 aliphatic rings. The highest BCUT2D eigenvalue weighted by atomic mass is 35.5. The van der Waals surface area contributed by atoms with Crippen molar-refractivity contribution in [3.05, 3.63) is 26.5 Å². The Morgan fingerprint density at radius 2 is 2.22 bits per heavy atom. The molecule has 2 aromatic heterocycles. The molecule has 0 aliphatic carbocycles. The molecule has 0 spiro atoms. The molecule has 98 valence electrons. The summed E-state index contributed by atoms with van der Waals surface area (Å²) in [5.74, 6) is 0.625. The van der Waals surface area contributed by atoms with Crippen molar-refractivity contribution >= 4 is 34.5 Å². The van der Waals surface area contributed by atoms with Gasteiger partial charge >= 0.3 is 0 Å². The third kappa shape index (κ3) is 3.26. The minimum Gasteiger partial charge on any atom is -0.312 e. The van der Waals surface area contributed by atoms with Crippen molar-refractivity contribution in [2.45, 2.75) is 20.4 Å². The zero-order valence-corrected chi connectivity index (χ0v) is 12.6. The van der Waals surface area contributed by atoms with Crippen LogP contribution in [0.1, 0.15) is 19.4 Å².